The highest BCUT2D eigenvalue weighted by molar-refractivity contribution is 7.89. The highest BCUT2D eigenvalue weighted by Crippen LogP contribution is 2.22. The second-order valence-electron chi connectivity index (χ2n) is 7.92. The van der Waals surface area contributed by atoms with Gasteiger partial charge in [0.05, 0.1) is 11.4 Å². The van der Waals surface area contributed by atoms with Gasteiger partial charge in [0, 0.05) is 32.7 Å². The van der Waals surface area contributed by atoms with Crippen LogP contribution in [-0.4, -0.2) is 62.8 Å². The van der Waals surface area contributed by atoms with E-state index in [0.29, 0.717) is 44.0 Å². The Morgan fingerprint density at radius 1 is 0.906 bits per heavy atom. The minimum atomic E-state index is -3.57. The lowest BCUT2D eigenvalue weighted by molar-refractivity contribution is -0.122. The van der Waals surface area contributed by atoms with Gasteiger partial charge in [-0.3, -0.25) is 9.69 Å². The first-order valence-corrected chi connectivity index (χ1v) is 12.1. The summed E-state index contributed by atoms with van der Waals surface area (Å²) < 4.78 is 40.6. The molecule has 1 fully saturated rings. The van der Waals surface area contributed by atoms with E-state index in [9.17, 15) is 17.6 Å². The van der Waals surface area contributed by atoms with Gasteiger partial charge in [-0.25, -0.2) is 12.8 Å². The summed E-state index contributed by atoms with van der Waals surface area (Å²) in [7, 11) is -3.57. The standard InChI is InChI=1S/C24H26FN3O3S/c25-22-8-5-19(6-9-22)11-12-26-24(29)18-27-13-15-28(16-14-27)32(30,31)23-10-7-20-3-1-2-4-21(20)17-23/h1-10,17H,11-16,18H2,(H,26,29). The van der Waals surface area contributed by atoms with E-state index in [2.05, 4.69) is 5.32 Å². The largest absolute Gasteiger partial charge is 0.355 e. The van der Waals surface area contributed by atoms with E-state index in [-0.39, 0.29) is 18.3 Å². The molecule has 0 aliphatic carbocycles. The van der Waals surface area contributed by atoms with Crippen LogP contribution in [0.1, 0.15) is 5.56 Å². The van der Waals surface area contributed by atoms with Crippen molar-refractivity contribution in [2.24, 2.45) is 0 Å². The molecular formula is C24H26FN3O3S. The number of piperazine rings is 1. The highest BCUT2D eigenvalue weighted by Gasteiger charge is 2.29. The van der Waals surface area contributed by atoms with Gasteiger partial charge in [-0.2, -0.15) is 4.31 Å². The second kappa shape index (κ2) is 9.77. The summed E-state index contributed by atoms with van der Waals surface area (Å²) >= 11 is 0. The lowest BCUT2D eigenvalue weighted by atomic mass is 10.1. The molecular weight excluding hydrogens is 429 g/mol. The Morgan fingerprint density at radius 2 is 1.59 bits per heavy atom. The summed E-state index contributed by atoms with van der Waals surface area (Å²) in [6, 6.07) is 19.1. The molecule has 32 heavy (non-hydrogen) atoms. The number of rotatable bonds is 7. The molecule has 8 heteroatoms. The third-order valence-electron chi connectivity index (χ3n) is 5.71. The van der Waals surface area contributed by atoms with E-state index in [0.717, 1.165) is 16.3 Å². The normalized spacial score (nSPS) is 15.7. The van der Waals surface area contributed by atoms with Gasteiger partial charge in [-0.05, 0) is 47.0 Å². The SMILES string of the molecule is O=C(CN1CCN(S(=O)(=O)c2ccc3ccccc3c2)CC1)NCCc1ccc(F)cc1. The Bertz CT molecular complexity index is 1190. The zero-order valence-corrected chi connectivity index (χ0v) is 18.5. The number of nitrogens with one attached hydrogen (secondary N) is 1. The van der Waals surface area contributed by atoms with E-state index >= 15 is 0 Å². The van der Waals surface area contributed by atoms with Crippen LogP contribution in [-0.2, 0) is 21.2 Å². The predicted octanol–water partition coefficient (Wildman–Crippen LogP) is 2.64. The zero-order chi connectivity index (χ0) is 22.6. The van der Waals surface area contributed by atoms with Crippen molar-refractivity contribution in [3.63, 3.8) is 0 Å². The van der Waals surface area contributed by atoms with Crippen molar-refractivity contribution in [1.29, 1.82) is 0 Å². The Balaban J connectivity index is 1.26. The van der Waals surface area contributed by atoms with Gasteiger partial charge in [0.15, 0.2) is 0 Å². The number of halogens is 1. The lowest BCUT2D eigenvalue weighted by Gasteiger charge is -2.33. The van der Waals surface area contributed by atoms with Gasteiger partial charge in [0.2, 0.25) is 15.9 Å². The molecule has 0 radical (unpaired) electrons. The first kappa shape index (κ1) is 22.4. The number of benzene rings is 3. The van der Waals surface area contributed by atoms with Gasteiger partial charge >= 0.3 is 0 Å². The smallest absolute Gasteiger partial charge is 0.243 e. The zero-order valence-electron chi connectivity index (χ0n) is 17.7. The minimum absolute atomic E-state index is 0.0991. The molecule has 0 bridgehead atoms. The van der Waals surface area contributed by atoms with Crippen molar-refractivity contribution in [2.45, 2.75) is 11.3 Å². The molecule has 1 aliphatic heterocycles. The maximum Gasteiger partial charge on any atom is 0.243 e. The number of carbonyl (C=O) groups is 1. The minimum Gasteiger partial charge on any atom is -0.355 e. The molecule has 3 aromatic carbocycles. The molecule has 3 aromatic rings. The maximum atomic E-state index is 13.1. The Labute approximate surface area is 187 Å². The predicted molar refractivity (Wildman–Crippen MR) is 122 cm³/mol. The number of amides is 1. The van der Waals surface area contributed by atoms with Crippen LogP contribution in [0.5, 0.6) is 0 Å². The summed E-state index contributed by atoms with van der Waals surface area (Å²) in [6.07, 6.45) is 0.629. The maximum absolute atomic E-state index is 13.1. The molecule has 0 spiro atoms. The average molecular weight is 456 g/mol. The van der Waals surface area contributed by atoms with Crippen LogP contribution in [0.3, 0.4) is 0 Å². The van der Waals surface area contributed by atoms with Gasteiger partial charge in [-0.1, -0.05) is 42.5 Å². The third-order valence-corrected chi connectivity index (χ3v) is 7.60. The summed E-state index contributed by atoms with van der Waals surface area (Å²) in [4.78, 5) is 14.5. The third kappa shape index (κ3) is 5.32. The fourth-order valence-corrected chi connectivity index (χ4v) is 5.32. The van der Waals surface area contributed by atoms with Gasteiger partial charge in [0.25, 0.3) is 0 Å². The van der Waals surface area contributed by atoms with Crippen molar-refractivity contribution in [3.05, 3.63) is 78.1 Å². The number of nitrogens with zero attached hydrogens (tertiary/aromatic N) is 2. The number of hydrogen-bond donors (Lipinski definition) is 1. The quantitative estimate of drug-likeness (QED) is 0.595. The van der Waals surface area contributed by atoms with Crippen molar-refractivity contribution in [2.75, 3.05) is 39.3 Å². The fourth-order valence-electron chi connectivity index (χ4n) is 3.86. The Hall–Kier alpha value is -2.81. The fraction of sp³-hybridized carbons (Fsp3) is 0.292. The molecule has 1 amide bonds. The number of carbonyl (C=O) groups excluding carboxylic acids is 1. The molecule has 1 heterocycles. The van der Waals surface area contributed by atoms with Gasteiger partial charge in [0.1, 0.15) is 5.82 Å². The van der Waals surface area contributed by atoms with E-state index < -0.39 is 10.0 Å². The second-order valence-corrected chi connectivity index (χ2v) is 9.85. The topological polar surface area (TPSA) is 69.7 Å². The number of fused-ring (bicyclic) bond motifs is 1. The van der Waals surface area contributed by atoms with Crippen LogP contribution in [0, 0.1) is 5.82 Å². The van der Waals surface area contributed by atoms with Crippen molar-refractivity contribution in [3.8, 4) is 0 Å². The summed E-state index contributed by atoms with van der Waals surface area (Å²) in [5.41, 5.74) is 0.958. The highest BCUT2D eigenvalue weighted by atomic mass is 32.2. The van der Waals surface area contributed by atoms with Crippen molar-refractivity contribution < 1.29 is 17.6 Å². The molecule has 1 aliphatic rings. The van der Waals surface area contributed by atoms with Crippen molar-refractivity contribution >= 4 is 26.7 Å². The summed E-state index contributed by atoms with van der Waals surface area (Å²) in [5, 5.41) is 4.77. The Morgan fingerprint density at radius 3 is 2.31 bits per heavy atom. The molecule has 0 unspecified atom stereocenters. The molecule has 168 valence electrons. The monoisotopic (exact) mass is 455 g/mol. The molecule has 0 atom stereocenters. The molecule has 4 rings (SSSR count). The molecule has 0 aromatic heterocycles. The summed E-state index contributed by atoms with van der Waals surface area (Å²) in [5.74, 6) is -0.377. The number of hydrogen-bond acceptors (Lipinski definition) is 4. The average Bonchev–Trinajstić information content (AvgIpc) is 2.80. The van der Waals surface area contributed by atoms with Crippen molar-refractivity contribution in [1.82, 2.24) is 14.5 Å². The van der Waals surface area contributed by atoms with Crippen LogP contribution in [0.2, 0.25) is 0 Å². The van der Waals surface area contributed by atoms with E-state index in [1.54, 1.807) is 24.3 Å². The van der Waals surface area contributed by atoms with E-state index in [4.69, 9.17) is 0 Å². The molecule has 6 nitrogen and oxygen atoms in total. The molecule has 0 saturated carbocycles. The van der Waals surface area contributed by atoms with Crippen LogP contribution in [0.4, 0.5) is 4.39 Å². The molecule has 1 N–H and O–H groups in total. The van der Waals surface area contributed by atoms with E-state index in [1.807, 2.05) is 35.2 Å². The van der Waals surface area contributed by atoms with Crippen LogP contribution >= 0.6 is 0 Å². The number of sulfonamides is 1. The van der Waals surface area contributed by atoms with Crippen LogP contribution in [0.15, 0.2) is 71.6 Å². The molecule has 1 saturated heterocycles. The summed E-state index contributed by atoms with van der Waals surface area (Å²) in [6.45, 7) is 2.39. The van der Waals surface area contributed by atoms with Gasteiger partial charge < -0.3 is 5.32 Å². The first-order chi connectivity index (χ1) is 15.4. The first-order valence-electron chi connectivity index (χ1n) is 10.6. The van der Waals surface area contributed by atoms with Crippen LogP contribution < -0.4 is 5.32 Å². The van der Waals surface area contributed by atoms with Gasteiger partial charge in [-0.15, -0.1) is 0 Å². The van der Waals surface area contributed by atoms with Crippen LogP contribution in [0.25, 0.3) is 10.8 Å². The Kier molecular flexibility index (Phi) is 6.83. The van der Waals surface area contributed by atoms with E-state index in [1.165, 1.54) is 16.4 Å². The lowest BCUT2D eigenvalue weighted by Crippen LogP contribution is -2.51.